The third kappa shape index (κ3) is 3.11. The summed E-state index contributed by atoms with van der Waals surface area (Å²) in [5.74, 6) is 0.599. The first-order valence-corrected chi connectivity index (χ1v) is 8.16. The van der Waals surface area contributed by atoms with Gasteiger partial charge < -0.3 is 5.32 Å². The SMILES string of the molecule is Cc1nn(C)cc1C(C)NC1CCCS(=O)(=O)C1. The van der Waals surface area contributed by atoms with Crippen molar-refractivity contribution in [1.29, 1.82) is 0 Å². The number of nitrogens with zero attached hydrogens (tertiary/aromatic N) is 2. The molecule has 1 aliphatic heterocycles. The Morgan fingerprint density at radius 1 is 1.56 bits per heavy atom. The first-order chi connectivity index (χ1) is 8.37. The van der Waals surface area contributed by atoms with E-state index in [1.165, 1.54) is 0 Å². The summed E-state index contributed by atoms with van der Waals surface area (Å²) in [5.41, 5.74) is 2.14. The minimum absolute atomic E-state index is 0.0679. The van der Waals surface area contributed by atoms with Crippen LogP contribution in [0.2, 0.25) is 0 Å². The van der Waals surface area contributed by atoms with Crippen LogP contribution in [0.3, 0.4) is 0 Å². The van der Waals surface area contributed by atoms with Gasteiger partial charge >= 0.3 is 0 Å². The third-order valence-electron chi connectivity index (χ3n) is 3.47. The summed E-state index contributed by atoms with van der Waals surface area (Å²) < 4.78 is 25.0. The number of sulfone groups is 1. The van der Waals surface area contributed by atoms with Gasteiger partial charge in [-0.15, -0.1) is 0 Å². The lowest BCUT2D eigenvalue weighted by atomic mass is 10.1. The normalized spacial score (nSPS) is 24.9. The summed E-state index contributed by atoms with van der Waals surface area (Å²) in [6.45, 7) is 4.04. The first kappa shape index (κ1) is 13.5. The van der Waals surface area contributed by atoms with Gasteiger partial charge in [0.2, 0.25) is 0 Å². The molecule has 1 saturated heterocycles. The third-order valence-corrected chi connectivity index (χ3v) is 5.29. The maximum absolute atomic E-state index is 11.6. The first-order valence-electron chi connectivity index (χ1n) is 6.34. The molecule has 2 heterocycles. The Labute approximate surface area is 108 Å². The van der Waals surface area contributed by atoms with Crippen molar-refractivity contribution >= 4 is 9.84 Å². The minimum atomic E-state index is -2.85. The highest BCUT2D eigenvalue weighted by atomic mass is 32.2. The predicted molar refractivity (Wildman–Crippen MR) is 71.2 cm³/mol. The van der Waals surface area contributed by atoms with Crippen LogP contribution in [0.15, 0.2) is 6.20 Å². The van der Waals surface area contributed by atoms with Crippen LogP contribution in [0.1, 0.15) is 37.1 Å². The van der Waals surface area contributed by atoms with Crippen molar-refractivity contribution in [3.05, 3.63) is 17.5 Å². The zero-order valence-electron chi connectivity index (χ0n) is 11.2. The van der Waals surface area contributed by atoms with Gasteiger partial charge in [0.05, 0.1) is 17.2 Å². The van der Waals surface area contributed by atoms with Crippen molar-refractivity contribution in [2.75, 3.05) is 11.5 Å². The molecule has 1 fully saturated rings. The zero-order chi connectivity index (χ0) is 13.3. The molecule has 1 aliphatic rings. The number of aromatic nitrogens is 2. The van der Waals surface area contributed by atoms with Crippen molar-refractivity contribution in [1.82, 2.24) is 15.1 Å². The van der Waals surface area contributed by atoms with Gasteiger partial charge in [0.1, 0.15) is 0 Å². The maximum atomic E-state index is 11.6. The van der Waals surface area contributed by atoms with E-state index in [0.29, 0.717) is 5.75 Å². The summed E-state index contributed by atoms with van der Waals surface area (Å²) in [5, 5.41) is 7.72. The molecule has 0 saturated carbocycles. The number of rotatable bonds is 3. The number of nitrogens with one attached hydrogen (secondary N) is 1. The lowest BCUT2D eigenvalue weighted by Crippen LogP contribution is -2.41. The van der Waals surface area contributed by atoms with Gasteiger partial charge in [-0.1, -0.05) is 0 Å². The van der Waals surface area contributed by atoms with Crippen molar-refractivity contribution < 1.29 is 8.42 Å². The van der Waals surface area contributed by atoms with Gasteiger partial charge in [-0.2, -0.15) is 5.10 Å². The quantitative estimate of drug-likeness (QED) is 0.889. The second-order valence-electron chi connectivity index (χ2n) is 5.19. The molecule has 0 spiro atoms. The van der Waals surface area contributed by atoms with Crippen molar-refractivity contribution in [2.24, 2.45) is 7.05 Å². The van der Waals surface area contributed by atoms with E-state index in [9.17, 15) is 8.42 Å². The molecular weight excluding hydrogens is 250 g/mol. The highest BCUT2D eigenvalue weighted by Gasteiger charge is 2.26. The van der Waals surface area contributed by atoms with Gasteiger partial charge in [-0.05, 0) is 26.7 Å². The van der Waals surface area contributed by atoms with E-state index in [2.05, 4.69) is 17.3 Å². The molecule has 1 aromatic rings. The molecule has 2 unspecified atom stereocenters. The molecule has 6 heteroatoms. The maximum Gasteiger partial charge on any atom is 0.151 e. The van der Waals surface area contributed by atoms with E-state index in [0.717, 1.165) is 24.1 Å². The Hall–Kier alpha value is -0.880. The molecule has 2 atom stereocenters. The molecule has 1 N–H and O–H groups in total. The van der Waals surface area contributed by atoms with Crippen LogP contribution in [-0.4, -0.2) is 35.7 Å². The average molecular weight is 271 g/mol. The fourth-order valence-corrected chi connectivity index (χ4v) is 4.29. The molecule has 0 aromatic carbocycles. The van der Waals surface area contributed by atoms with Crippen LogP contribution in [0.4, 0.5) is 0 Å². The monoisotopic (exact) mass is 271 g/mol. The van der Waals surface area contributed by atoms with E-state index < -0.39 is 9.84 Å². The fourth-order valence-electron chi connectivity index (χ4n) is 2.64. The zero-order valence-corrected chi connectivity index (χ0v) is 12.0. The highest BCUT2D eigenvalue weighted by Crippen LogP contribution is 2.19. The van der Waals surface area contributed by atoms with E-state index in [4.69, 9.17) is 0 Å². The van der Waals surface area contributed by atoms with Crippen molar-refractivity contribution in [3.63, 3.8) is 0 Å². The number of aryl methyl sites for hydroxylation is 2. The van der Waals surface area contributed by atoms with E-state index in [1.54, 1.807) is 4.68 Å². The van der Waals surface area contributed by atoms with Crippen LogP contribution in [0, 0.1) is 6.92 Å². The highest BCUT2D eigenvalue weighted by molar-refractivity contribution is 7.91. The Morgan fingerprint density at radius 3 is 2.83 bits per heavy atom. The van der Waals surface area contributed by atoms with Crippen LogP contribution in [-0.2, 0) is 16.9 Å². The van der Waals surface area contributed by atoms with Gasteiger partial charge in [-0.25, -0.2) is 8.42 Å². The summed E-state index contributed by atoms with van der Waals surface area (Å²) >= 11 is 0. The summed E-state index contributed by atoms with van der Waals surface area (Å²) in [6.07, 6.45) is 3.69. The van der Waals surface area contributed by atoms with Gasteiger partial charge in [0.15, 0.2) is 9.84 Å². The number of hydrogen-bond acceptors (Lipinski definition) is 4. The average Bonchev–Trinajstić information content (AvgIpc) is 2.56. The van der Waals surface area contributed by atoms with E-state index in [-0.39, 0.29) is 17.8 Å². The van der Waals surface area contributed by atoms with E-state index in [1.807, 2.05) is 20.2 Å². The lowest BCUT2D eigenvalue weighted by molar-refractivity contribution is 0.436. The van der Waals surface area contributed by atoms with E-state index >= 15 is 0 Å². The second kappa shape index (κ2) is 5.01. The lowest BCUT2D eigenvalue weighted by Gasteiger charge is -2.26. The second-order valence-corrected chi connectivity index (χ2v) is 7.41. The molecule has 0 aliphatic carbocycles. The summed E-state index contributed by atoms with van der Waals surface area (Å²) in [4.78, 5) is 0. The van der Waals surface area contributed by atoms with Gasteiger partial charge in [0, 0.05) is 30.9 Å². The molecule has 1 aromatic heterocycles. The Bertz CT molecular complexity index is 521. The fraction of sp³-hybridized carbons (Fsp3) is 0.750. The van der Waals surface area contributed by atoms with Crippen LogP contribution < -0.4 is 5.32 Å². The molecule has 0 amide bonds. The van der Waals surface area contributed by atoms with Crippen LogP contribution in [0.25, 0.3) is 0 Å². The van der Waals surface area contributed by atoms with Gasteiger partial charge in [-0.3, -0.25) is 4.68 Å². The molecular formula is C12H21N3O2S. The Kier molecular flexibility index (Phi) is 3.77. The Balaban J connectivity index is 2.03. The molecule has 18 heavy (non-hydrogen) atoms. The van der Waals surface area contributed by atoms with Crippen LogP contribution >= 0.6 is 0 Å². The molecule has 0 bridgehead atoms. The predicted octanol–water partition coefficient (Wildman–Crippen LogP) is 0.956. The Morgan fingerprint density at radius 2 is 2.28 bits per heavy atom. The molecule has 2 rings (SSSR count). The summed E-state index contributed by atoms with van der Waals surface area (Å²) in [7, 11) is -0.951. The van der Waals surface area contributed by atoms with Gasteiger partial charge in [0.25, 0.3) is 0 Å². The topological polar surface area (TPSA) is 64.0 Å². The smallest absolute Gasteiger partial charge is 0.151 e. The molecule has 0 radical (unpaired) electrons. The van der Waals surface area contributed by atoms with Crippen LogP contribution in [0.5, 0.6) is 0 Å². The minimum Gasteiger partial charge on any atom is -0.306 e. The van der Waals surface area contributed by atoms with Crippen molar-refractivity contribution in [3.8, 4) is 0 Å². The summed E-state index contributed by atoms with van der Waals surface area (Å²) in [6, 6.07) is 0.204. The van der Waals surface area contributed by atoms with Crippen molar-refractivity contribution in [2.45, 2.75) is 38.8 Å². The molecule has 5 nitrogen and oxygen atoms in total. The molecule has 102 valence electrons. The number of hydrogen-bond donors (Lipinski definition) is 1. The largest absolute Gasteiger partial charge is 0.306 e. The standard InChI is InChI=1S/C12H21N3O2S/c1-9(12-7-15(3)14-10(12)2)13-11-5-4-6-18(16,17)8-11/h7,9,11,13H,4-6,8H2,1-3H3.